The van der Waals surface area contributed by atoms with Crippen LogP contribution >= 0.6 is 0 Å². The Morgan fingerprint density at radius 1 is 1.54 bits per heavy atom. The predicted molar refractivity (Wildman–Crippen MR) is 47.1 cm³/mol. The third-order valence-electron chi connectivity index (χ3n) is 2.45. The van der Waals surface area contributed by atoms with Gasteiger partial charge in [0.1, 0.15) is 0 Å². The molecule has 1 fully saturated rings. The molecule has 0 unspecified atom stereocenters. The van der Waals surface area contributed by atoms with Gasteiger partial charge in [0.15, 0.2) is 0 Å². The Hall–Kier alpha value is -1.08. The molecule has 0 saturated heterocycles. The van der Waals surface area contributed by atoms with Crippen molar-refractivity contribution in [2.45, 2.75) is 31.7 Å². The first kappa shape index (κ1) is 10.0. The number of hydrogen-bond donors (Lipinski definition) is 1. The van der Waals surface area contributed by atoms with Gasteiger partial charge >= 0.3 is 5.97 Å². The molecule has 0 heterocycles. The summed E-state index contributed by atoms with van der Waals surface area (Å²) in [7, 11) is 0. The Morgan fingerprint density at radius 3 is 2.62 bits per heavy atom. The van der Waals surface area contributed by atoms with Gasteiger partial charge in [-0.1, -0.05) is 12.8 Å². The summed E-state index contributed by atoms with van der Waals surface area (Å²) in [5.74, 6) is -0.845. The normalized spacial score (nSPS) is 17.5. The smallest absolute Gasteiger partial charge is 0.317 e. The summed E-state index contributed by atoms with van der Waals surface area (Å²) in [6.07, 6.45) is 4.39. The lowest BCUT2D eigenvalue weighted by molar-refractivity contribution is -0.138. The number of carboxylic acids is 1. The van der Waals surface area contributed by atoms with Gasteiger partial charge in [-0.2, -0.15) is 5.26 Å². The maximum absolute atomic E-state index is 10.5. The maximum Gasteiger partial charge on any atom is 0.317 e. The van der Waals surface area contributed by atoms with Gasteiger partial charge in [0, 0.05) is 6.04 Å². The lowest BCUT2D eigenvalue weighted by Crippen LogP contribution is -2.37. The van der Waals surface area contributed by atoms with Crippen LogP contribution in [0.3, 0.4) is 0 Å². The van der Waals surface area contributed by atoms with E-state index in [0.717, 1.165) is 25.7 Å². The molecular weight excluding hydrogens is 168 g/mol. The summed E-state index contributed by atoms with van der Waals surface area (Å²) >= 11 is 0. The van der Waals surface area contributed by atoms with Crippen molar-refractivity contribution in [1.82, 2.24) is 4.90 Å². The predicted octanol–water partition coefficient (Wildman–Crippen LogP) is 0.839. The summed E-state index contributed by atoms with van der Waals surface area (Å²) in [5, 5.41) is 17.1. The molecule has 72 valence electrons. The molecule has 0 amide bonds. The molecule has 0 aromatic heterocycles. The first-order valence-electron chi connectivity index (χ1n) is 4.57. The van der Waals surface area contributed by atoms with Crippen molar-refractivity contribution in [2.75, 3.05) is 13.1 Å². The lowest BCUT2D eigenvalue weighted by atomic mass is 10.2. The van der Waals surface area contributed by atoms with Gasteiger partial charge in [-0.05, 0) is 12.8 Å². The van der Waals surface area contributed by atoms with Crippen molar-refractivity contribution in [3.63, 3.8) is 0 Å². The highest BCUT2D eigenvalue weighted by Gasteiger charge is 2.23. The largest absolute Gasteiger partial charge is 0.480 e. The molecule has 1 rings (SSSR count). The summed E-state index contributed by atoms with van der Waals surface area (Å²) in [6, 6.07) is 2.33. The molecule has 0 spiro atoms. The second kappa shape index (κ2) is 4.83. The van der Waals surface area contributed by atoms with Crippen molar-refractivity contribution in [2.24, 2.45) is 0 Å². The van der Waals surface area contributed by atoms with E-state index in [1.165, 1.54) is 0 Å². The molecule has 1 aliphatic rings. The number of nitriles is 1. The van der Waals surface area contributed by atoms with Gasteiger partial charge < -0.3 is 5.11 Å². The number of hydrogen-bond acceptors (Lipinski definition) is 3. The van der Waals surface area contributed by atoms with E-state index in [1.54, 1.807) is 4.90 Å². The first-order chi connectivity index (χ1) is 6.24. The van der Waals surface area contributed by atoms with Crippen LogP contribution in [0, 0.1) is 11.3 Å². The fourth-order valence-corrected chi connectivity index (χ4v) is 1.85. The van der Waals surface area contributed by atoms with E-state index in [2.05, 4.69) is 0 Å². The Morgan fingerprint density at radius 2 is 2.15 bits per heavy atom. The zero-order valence-electron chi connectivity index (χ0n) is 7.57. The van der Waals surface area contributed by atoms with E-state index >= 15 is 0 Å². The minimum atomic E-state index is -0.845. The lowest BCUT2D eigenvalue weighted by Gasteiger charge is -2.23. The number of nitrogens with zero attached hydrogens (tertiary/aromatic N) is 2. The molecule has 4 nitrogen and oxygen atoms in total. The second-order valence-corrected chi connectivity index (χ2v) is 3.40. The van der Waals surface area contributed by atoms with Crippen LogP contribution in [0.25, 0.3) is 0 Å². The van der Waals surface area contributed by atoms with E-state index in [-0.39, 0.29) is 13.1 Å². The minimum Gasteiger partial charge on any atom is -0.480 e. The standard InChI is InChI=1S/C9H14N2O2/c10-5-6-11(7-9(12)13)8-3-1-2-4-8/h8H,1-4,6-7H2,(H,12,13). The number of carbonyl (C=O) groups is 1. The molecular formula is C9H14N2O2. The van der Waals surface area contributed by atoms with Crippen molar-refractivity contribution < 1.29 is 9.90 Å². The van der Waals surface area contributed by atoms with E-state index in [0.29, 0.717) is 6.04 Å². The zero-order chi connectivity index (χ0) is 9.68. The fourth-order valence-electron chi connectivity index (χ4n) is 1.85. The van der Waals surface area contributed by atoms with Crippen molar-refractivity contribution in [3.05, 3.63) is 0 Å². The van der Waals surface area contributed by atoms with Gasteiger partial charge in [0.2, 0.25) is 0 Å². The molecule has 0 aromatic rings. The van der Waals surface area contributed by atoms with Crippen molar-refractivity contribution in [3.8, 4) is 6.07 Å². The second-order valence-electron chi connectivity index (χ2n) is 3.40. The Kier molecular flexibility index (Phi) is 3.71. The van der Waals surface area contributed by atoms with Crippen LogP contribution in [0.4, 0.5) is 0 Å². The first-order valence-corrected chi connectivity index (χ1v) is 4.57. The molecule has 0 radical (unpaired) electrons. The van der Waals surface area contributed by atoms with E-state index in [1.807, 2.05) is 6.07 Å². The van der Waals surface area contributed by atoms with Crippen LogP contribution < -0.4 is 0 Å². The van der Waals surface area contributed by atoms with Crippen LogP contribution in [-0.4, -0.2) is 35.1 Å². The van der Waals surface area contributed by atoms with Gasteiger partial charge in [-0.25, -0.2) is 0 Å². The molecule has 4 heteroatoms. The number of rotatable bonds is 4. The van der Waals surface area contributed by atoms with Gasteiger partial charge in [0.25, 0.3) is 0 Å². The Bertz CT molecular complexity index is 216. The molecule has 1 saturated carbocycles. The van der Waals surface area contributed by atoms with E-state index in [9.17, 15) is 4.79 Å². The third-order valence-corrected chi connectivity index (χ3v) is 2.45. The Balaban J connectivity index is 2.45. The highest BCUT2D eigenvalue weighted by Crippen LogP contribution is 2.22. The van der Waals surface area contributed by atoms with Gasteiger partial charge in [0.05, 0.1) is 19.2 Å². The highest BCUT2D eigenvalue weighted by atomic mass is 16.4. The summed E-state index contributed by atoms with van der Waals surface area (Å²) in [6.45, 7) is 0.231. The molecule has 0 aromatic carbocycles. The average Bonchev–Trinajstić information content (AvgIpc) is 2.54. The molecule has 0 bridgehead atoms. The maximum atomic E-state index is 10.5. The van der Waals surface area contributed by atoms with Crippen LogP contribution in [0.5, 0.6) is 0 Å². The number of carboxylic acid groups (broad SMARTS) is 1. The van der Waals surface area contributed by atoms with Crippen LogP contribution in [0.1, 0.15) is 25.7 Å². The molecule has 1 aliphatic carbocycles. The van der Waals surface area contributed by atoms with Gasteiger partial charge in [-0.15, -0.1) is 0 Å². The van der Waals surface area contributed by atoms with Crippen LogP contribution in [0.2, 0.25) is 0 Å². The minimum absolute atomic E-state index is 0.00176. The Labute approximate surface area is 77.8 Å². The third kappa shape index (κ3) is 3.03. The molecule has 13 heavy (non-hydrogen) atoms. The zero-order valence-corrected chi connectivity index (χ0v) is 7.57. The summed E-state index contributed by atoms with van der Waals surface area (Å²) in [4.78, 5) is 12.2. The number of aliphatic carboxylic acids is 1. The van der Waals surface area contributed by atoms with Crippen LogP contribution in [-0.2, 0) is 4.79 Å². The SMILES string of the molecule is N#CCN(CC(=O)O)C1CCCC1. The quantitative estimate of drug-likeness (QED) is 0.654. The van der Waals surface area contributed by atoms with E-state index in [4.69, 9.17) is 10.4 Å². The molecule has 0 atom stereocenters. The highest BCUT2D eigenvalue weighted by molar-refractivity contribution is 5.69. The summed E-state index contributed by atoms with van der Waals surface area (Å²) in [5.41, 5.74) is 0. The van der Waals surface area contributed by atoms with Crippen molar-refractivity contribution in [1.29, 1.82) is 5.26 Å². The monoisotopic (exact) mass is 182 g/mol. The average molecular weight is 182 g/mol. The molecule has 0 aliphatic heterocycles. The van der Waals surface area contributed by atoms with E-state index < -0.39 is 5.97 Å². The van der Waals surface area contributed by atoms with Crippen molar-refractivity contribution >= 4 is 5.97 Å². The molecule has 1 N–H and O–H groups in total. The van der Waals surface area contributed by atoms with Crippen LogP contribution in [0.15, 0.2) is 0 Å². The van der Waals surface area contributed by atoms with Gasteiger partial charge in [-0.3, -0.25) is 9.69 Å². The summed E-state index contributed by atoms with van der Waals surface area (Å²) < 4.78 is 0. The fraction of sp³-hybridized carbons (Fsp3) is 0.778. The topological polar surface area (TPSA) is 64.3 Å².